The van der Waals surface area contributed by atoms with Crippen LogP contribution in [0.1, 0.15) is 38.5 Å². The Bertz CT molecular complexity index is 370. The number of piperidine rings is 1. The van der Waals surface area contributed by atoms with Crippen LogP contribution in [0.5, 0.6) is 0 Å². The van der Waals surface area contributed by atoms with Crippen molar-refractivity contribution in [2.24, 2.45) is 0 Å². The number of aliphatic carboxylic acids is 1. The summed E-state index contributed by atoms with van der Waals surface area (Å²) in [6.07, 6.45) is 5.46. The summed E-state index contributed by atoms with van der Waals surface area (Å²) < 4.78 is 0. The number of rotatable bonds is 3. The lowest BCUT2D eigenvalue weighted by molar-refractivity contribution is -0.147. The minimum atomic E-state index is -0.849. The summed E-state index contributed by atoms with van der Waals surface area (Å²) in [5.74, 6) is -0.777. The van der Waals surface area contributed by atoms with Crippen LogP contribution in [0.4, 0.5) is 4.79 Å². The zero-order valence-corrected chi connectivity index (χ0v) is 12.4. The largest absolute Gasteiger partial charge is 0.480 e. The zero-order chi connectivity index (χ0) is 14.8. The molecule has 0 unspecified atom stereocenters. The molecule has 0 aromatic carbocycles. The molecule has 2 aliphatic rings. The van der Waals surface area contributed by atoms with Crippen LogP contribution in [0.15, 0.2) is 0 Å². The lowest BCUT2D eigenvalue weighted by atomic mass is 9.86. The van der Waals surface area contributed by atoms with Gasteiger partial charge in [-0.15, -0.1) is 0 Å². The highest BCUT2D eigenvalue weighted by Crippen LogP contribution is 2.28. The second kappa shape index (κ2) is 5.99. The molecule has 2 fully saturated rings. The monoisotopic (exact) mass is 283 g/mol. The molecule has 1 heterocycles. The molecular formula is C14H25N3O3. The summed E-state index contributed by atoms with van der Waals surface area (Å²) in [4.78, 5) is 26.9. The molecule has 6 heteroatoms. The third kappa shape index (κ3) is 3.06. The lowest BCUT2D eigenvalue weighted by Gasteiger charge is -2.41. The van der Waals surface area contributed by atoms with Crippen LogP contribution in [0, 0.1) is 0 Å². The van der Waals surface area contributed by atoms with Crippen LogP contribution in [0.2, 0.25) is 0 Å². The van der Waals surface area contributed by atoms with Crippen LogP contribution in [-0.4, -0.2) is 65.7 Å². The number of nitrogens with one attached hydrogen (secondary N) is 1. The molecule has 6 nitrogen and oxygen atoms in total. The van der Waals surface area contributed by atoms with E-state index in [1.165, 1.54) is 17.7 Å². The Hall–Kier alpha value is -1.30. The quantitative estimate of drug-likeness (QED) is 0.814. The first-order valence-corrected chi connectivity index (χ1v) is 7.42. The molecule has 114 valence electrons. The molecular weight excluding hydrogens is 258 g/mol. The average molecular weight is 283 g/mol. The van der Waals surface area contributed by atoms with E-state index in [2.05, 4.69) is 5.32 Å². The third-order valence-electron chi connectivity index (χ3n) is 4.52. The van der Waals surface area contributed by atoms with Crippen molar-refractivity contribution in [3.63, 3.8) is 0 Å². The van der Waals surface area contributed by atoms with E-state index in [-0.39, 0.29) is 6.03 Å². The highest BCUT2D eigenvalue weighted by atomic mass is 16.4. The van der Waals surface area contributed by atoms with Crippen LogP contribution in [0.25, 0.3) is 0 Å². The molecule has 0 aromatic heterocycles. The molecule has 0 spiro atoms. The highest BCUT2D eigenvalue weighted by Gasteiger charge is 2.44. The summed E-state index contributed by atoms with van der Waals surface area (Å²) in [5, 5.41) is 13.0. The normalized spacial score (nSPS) is 22.8. The predicted molar refractivity (Wildman–Crippen MR) is 75.6 cm³/mol. The van der Waals surface area contributed by atoms with Gasteiger partial charge in [0.1, 0.15) is 5.54 Å². The summed E-state index contributed by atoms with van der Waals surface area (Å²) in [6.45, 7) is 1.01. The first kappa shape index (κ1) is 15.1. The second-order valence-corrected chi connectivity index (χ2v) is 6.18. The Morgan fingerprint density at radius 1 is 1.20 bits per heavy atom. The number of hydrogen-bond donors (Lipinski definition) is 2. The summed E-state index contributed by atoms with van der Waals surface area (Å²) in [5.41, 5.74) is -0.849. The smallest absolute Gasteiger partial charge is 0.324 e. The second-order valence-electron chi connectivity index (χ2n) is 6.18. The van der Waals surface area contributed by atoms with Gasteiger partial charge in [0, 0.05) is 33.2 Å². The van der Waals surface area contributed by atoms with E-state index in [0.717, 1.165) is 12.8 Å². The van der Waals surface area contributed by atoms with Gasteiger partial charge in [-0.05, 0) is 25.7 Å². The Kier molecular flexibility index (Phi) is 4.52. The fourth-order valence-electron chi connectivity index (χ4n) is 3.24. The molecule has 2 amide bonds. The lowest BCUT2D eigenvalue weighted by Crippen LogP contribution is -2.61. The molecule has 2 rings (SSSR count). The number of carboxylic acids is 1. The van der Waals surface area contributed by atoms with E-state index in [0.29, 0.717) is 32.0 Å². The summed E-state index contributed by atoms with van der Waals surface area (Å²) >= 11 is 0. The number of urea groups is 1. The summed E-state index contributed by atoms with van der Waals surface area (Å²) in [7, 11) is 3.44. The molecule has 1 aliphatic heterocycles. The third-order valence-corrected chi connectivity index (χ3v) is 4.52. The van der Waals surface area contributed by atoms with Crippen LogP contribution < -0.4 is 5.32 Å². The topological polar surface area (TPSA) is 72.9 Å². The van der Waals surface area contributed by atoms with Gasteiger partial charge < -0.3 is 14.9 Å². The highest BCUT2D eigenvalue weighted by molar-refractivity contribution is 5.80. The minimum Gasteiger partial charge on any atom is -0.480 e. The molecule has 2 N–H and O–H groups in total. The summed E-state index contributed by atoms with van der Waals surface area (Å²) in [6, 6.07) is 0.284. The maximum absolute atomic E-state index is 11.9. The van der Waals surface area contributed by atoms with Crippen molar-refractivity contribution in [1.29, 1.82) is 0 Å². The number of carbonyl (C=O) groups excluding carboxylic acids is 1. The fraction of sp³-hybridized carbons (Fsp3) is 0.857. The molecule has 0 aromatic rings. The minimum absolute atomic E-state index is 0.0372. The molecule has 0 bridgehead atoms. The SMILES string of the molecule is CN(C)C(=O)N1CCC(NC2CCCC2)(C(=O)O)CC1. The number of hydrogen-bond acceptors (Lipinski definition) is 3. The van der Waals surface area contributed by atoms with E-state index >= 15 is 0 Å². The molecule has 20 heavy (non-hydrogen) atoms. The molecule has 0 radical (unpaired) electrons. The van der Waals surface area contributed by atoms with E-state index in [1.807, 2.05) is 0 Å². The van der Waals surface area contributed by atoms with Gasteiger partial charge in [-0.25, -0.2) is 4.79 Å². The van der Waals surface area contributed by atoms with Crippen molar-refractivity contribution >= 4 is 12.0 Å². The van der Waals surface area contributed by atoms with Gasteiger partial charge in [-0.3, -0.25) is 10.1 Å². The number of amides is 2. The van der Waals surface area contributed by atoms with Crippen LogP contribution in [0.3, 0.4) is 0 Å². The molecule has 1 saturated heterocycles. The maximum Gasteiger partial charge on any atom is 0.324 e. The van der Waals surface area contributed by atoms with Crippen molar-refractivity contribution in [3.8, 4) is 0 Å². The van der Waals surface area contributed by atoms with E-state index in [9.17, 15) is 14.7 Å². The number of nitrogens with zero attached hydrogens (tertiary/aromatic N) is 2. The van der Waals surface area contributed by atoms with Crippen molar-refractivity contribution in [2.45, 2.75) is 50.1 Å². The molecule has 1 aliphatic carbocycles. The van der Waals surface area contributed by atoms with Gasteiger partial charge in [0.2, 0.25) is 0 Å². The Labute approximate surface area is 120 Å². The van der Waals surface area contributed by atoms with Gasteiger partial charge in [0.15, 0.2) is 0 Å². The number of likely N-dealkylation sites (tertiary alicyclic amines) is 1. The first-order valence-electron chi connectivity index (χ1n) is 7.42. The predicted octanol–water partition coefficient (Wildman–Crippen LogP) is 1.12. The average Bonchev–Trinajstić information content (AvgIpc) is 2.91. The van der Waals surface area contributed by atoms with Gasteiger partial charge in [0.25, 0.3) is 0 Å². The van der Waals surface area contributed by atoms with Crippen molar-refractivity contribution < 1.29 is 14.7 Å². The number of carbonyl (C=O) groups is 2. The number of carboxylic acid groups (broad SMARTS) is 1. The van der Waals surface area contributed by atoms with Gasteiger partial charge in [-0.2, -0.15) is 0 Å². The van der Waals surface area contributed by atoms with Crippen molar-refractivity contribution in [1.82, 2.24) is 15.1 Å². The molecule has 0 atom stereocenters. The zero-order valence-electron chi connectivity index (χ0n) is 12.4. The van der Waals surface area contributed by atoms with Gasteiger partial charge in [0.05, 0.1) is 0 Å². The van der Waals surface area contributed by atoms with Crippen LogP contribution >= 0.6 is 0 Å². The van der Waals surface area contributed by atoms with Crippen LogP contribution in [-0.2, 0) is 4.79 Å². The first-order chi connectivity index (χ1) is 9.44. The Morgan fingerprint density at radius 2 is 1.75 bits per heavy atom. The van der Waals surface area contributed by atoms with E-state index < -0.39 is 11.5 Å². The van der Waals surface area contributed by atoms with Crippen molar-refractivity contribution in [3.05, 3.63) is 0 Å². The van der Waals surface area contributed by atoms with Gasteiger partial charge >= 0.3 is 12.0 Å². The maximum atomic E-state index is 11.9. The fourth-order valence-corrected chi connectivity index (χ4v) is 3.24. The van der Waals surface area contributed by atoms with E-state index in [4.69, 9.17) is 0 Å². The Balaban J connectivity index is 1.98. The van der Waals surface area contributed by atoms with Crippen molar-refractivity contribution in [2.75, 3.05) is 27.2 Å². The Morgan fingerprint density at radius 3 is 2.20 bits per heavy atom. The van der Waals surface area contributed by atoms with Gasteiger partial charge in [-0.1, -0.05) is 12.8 Å². The van der Waals surface area contributed by atoms with E-state index in [1.54, 1.807) is 19.0 Å². The molecule has 1 saturated carbocycles. The standard InChI is InChI=1S/C14H25N3O3/c1-16(2)13(20)17-9-7-14(8-10-17,12(18)19)15-11-5-3-4-6-11/h11,15H,3-10H2,1-2H3,(H,18,19).